The molecule has 104 valence electrons. The molecule has 0 saturated heterocycles. The van der Waals surface area contributed by atoms with E-state index in [1.807, 2.05) is 12.2 Å². The van der Waals surface area contributed by atoms with Crippen LogP contribution in [0, 0.1) is 0 Å². The molecule has 0 unspecified atom stereocenters. The first-order valence-electron chi connectivity index (χ1n) is 6.22. The Labute approximate surface area is 113 Å². The van der Waals surface area contributed by atoms with Gasteiger partial charge in [0.2, 0.25) is 10.0 Å². The second-order valence-electron chi connectivity index (χ2n) is 4.40. The Kier molecular flexibility index (Phi) is 4.11. The van der Waals surface area contributed by atoms with Crippen LogP contribution in [-0.2, 0) is 10.0 Å². The van der Waals surface area contributed by atoms with Crippen LogP contribution in [0.25, 0.3) is 0 Å². The van der Waals surface area contributed by atoms with E-state index >= 15 is 0 Å². The molecule has 0 aromatic heterocycles. The molecule has 0 radical (unpaired) electrons. The number of nitrogens with one attached hydrogen (secondary N) is 1. The zero-order valence-corrected chi connectivity index (χ0v) is 11.6. The van der Waals surface area contributed by atoms with Gasteiger partial charge in [0.1, 0.15) is 10.6 Å². The van der Waals surface area contributed by atoms with Crippen molar-refractivity contribution in [1.29, 1.82) is 0 Å². The van der Waals surface area contributed by atoms with Gasteiger partial charge in [-0.2, -0.15) is 0 Å². The summed E-state index contributed by atoms with van der Waals surface area (Å²) in [6, 6.07) is 4.55. The summed E-state index contributed by atoms with van der Waals surface area (Å²) < 4.78 is 32.7. The summed E-state index contributed by atoms with van der Waals surface area (Å²) in [5, 5.41) is 0. The predicted molar refractivity (Wildman–Crippen MR) is 74.5 cm³/mol. The van der Waals surface area contributed by atoms with Gasteiger partial charge in [-0.25, -0.2) is 13.1 Å². The zero-order valence-electron chi connectivity index (χ0n) is 10.8. The van der Waals surface area contributed by atoms with E-state index in [4.69, 9.17) is 10.5 Å². The molecule has 0 bridgehead atoms. The first kappa shape index (κ1) is 13.9. The van der Waals surface area contributed by atoms with Crippen molar-refractivity contribution in [2.24, 2.45) is 0 Å². The van der Waals surface area contributed by atoms with Crippen LogP contribution in [0.5, 0.6) is 5.75 Å². The van der Waals surface area contributed by atoms with Crippen molar-refractivity contribution in [3.63, 3.8) is 0 Å². The van der Waals surface area contributed by atoms with E-state index in [9.17, 15) is 8.42 Å². The molecular formula is C13H18N2O3S. The zero-order chi connectivity index (χ0) is 13.9. The minimum Gasteiger partial charge on any atom is -0.492 e. The Morgan fingerprint density at radius 2 is 2.05 bits per heavy atom. The van der Waals surface area contributed by atoms with Gasteiger partial charge in [-0.05, 0) is 38.0 Å². The Morgan fingerprint density at radius 1 is 1.37 bits per heavy atom. The number of rotatable bonds is 5. The summed E-state index contributed by atoms with van der Waals surface area (Å²) in [4.78, 5) is 0.0984. The molecular weight excluding hydrogens is 264 g/mol. The lowest BCUT2D eigenvalue weighted by Gasteiger charge is -2.15. The molecule has 3 N–H and O–H groups in total. The summed E-state index contributed by atoms with van der Waals surface area (Å²) in [7, 11) is -3.61. The third kappa shape index (κ3) is 3.27. The number of hydrogen-bond acceptors (Lipinski definition) is 4. The summed E-state index contributed by atoms with van der Waals surface area (Å²) in [5.41, 5.74) is 6.07. The van der Waals surface area contributed by atoms with Crippen molar-refractivity contribution in [3.8, 4) is 5.75 Å². The number of hydrogen-bond donors (Lipinski definition) is 2. The van der Waals surface area contributed by atoms with Crippen LogP contribution in [0.3, 0.4) is 0 Å². The molecule has 0 fully saturated rings. The van der Waals surface area contributed by atoms with Crippen molar-refractivity contribution in [2.75, 3.05) is 12.3 Å². The van der Waals surface area contributed by atoms with Gasteiger partial charge in [0.15, 0.2) is 0 Å². The molecule has 1 aromatic carbocycles. The van der Waals surface area contributed by atoms with Crippen LogP contribution < -0.4 is 15.2 Å². The standard InChI is InChI=1S/C13H18N2O3S/c1-2-18-12-8-7-10(14)9-13(12)19(16,17)15-11-5-3-4-6-11/h3-4,7-9,11,15H,2,5-6,14H2,1H3. The van der Waals surface area contributed by atoms with Gasteiger partial charge >= 0.3 is 0 Å². The summed E-state index contributed by atoms with van der Waals surface area (Å²) in [5.74, 6) is 0.329. The summed E-state index contributed by atoms with van der Waals surface area (Å²) in [6.45, 7) is 2.21. The number of benzene rings is 1. The van der Waals surface area contributed by atoms with Crippen molar-refractivity contribution >= 4 is 15.7 Å². The van der Waals surface area contributed by atoms with E-state index in [-0.39, 0.29) is 10.9 Å². The van der Waals surface area contributed by atoms with Gasteiger partial charge in [-0.15, -0.1) is 0 Å². The third-order valence-electron chi connectivity index (χ3n) is 2.89. The summed E-state index contributed by atoms with van der Waals surface area (Å²) >= 11 is 0. The van der Waals surface area contributed by atoms with Crippen LogP contribution in [0.2, 0.25) is 0 Å². The number of anilines is 1. The Bertz CT molecular complexity index is 574. The molecule has 0 spiro atoms. The van der Waals surface area contributed by atoms with E-state index in [0.29, 0.717) is 30.9 Å². The van der Waals surface area contributed by atoms with Crippen LogP contribution >= 0.6 is 0 Å². The molecule has 0 heterocycles. The molecule has 0 atom stereocenters. The second-order valence-corrected chi connectivity index (χ2v) is 6.08. The molecule has 2 rings (SSSR count). The molecule has 6 heteroatoms. The maximum Gasteiger partial charge on any atom is 0.244 e. The Morgan fingerprint density at radius 3 is 2.68 bits per heavy atom. The highest BCUT2D eigenvalue weighted by Crippen LogP contribution is 2.27. The lowest BCUT2D eigenvalue weighted by atomic mass is 10.3. The molecule has 1 aliphatic carbocycles. The second kappa shape index (κ2) is 5.63. The van der Waals surface area contributed by atoms with E-state index in [2.05, 4.69) is 4.72 Å². The molecule has 5 nitrogen and oxygen atoms in total. The lowest BCUT2D eigenvalue weighted by molar-refractivity contribution is 0.331. The van der Waals surface area contributed by atoms with Crippen molar-refractivity contribution in [2.45, 2.75) is 30.7 Å². The van der Waals surface area contributed by atoms with Crippen molar-refractivity contribution in [3.05, 3.63) is 30.4 Å². The highest BCUT2D eigenvalue weighted by atomic mass is 32.2. The maximum atomic E-state index is 12.4. The molecule has 1 aliphatic rings. The van der Waals surface area contributed by atoms with Gasteiger partial charge in [-0.1, -0.05) is 12.2 Å². The number of nitrogens with two attached hydrogens (primary N) is 1. The van der Waals surface area contributed by atoms with Crippen LogP contribution in [0.4, 0.5) is 5.69 Å². The van der Waals surface area contributed by atoms with Gasteiger partial charge in [-0.3, -0.25) is 0 Å². The van der Waals surface area contributed by atoms with E-state index in [1.165, 1.54) is 6.07 Å². The van der Waals surface area contributed by atoms with Gasteiger partial charge in [0, 0.05) is 11.7 Å². The molecule has 0 amide bonds. The van der Waals surface area contributed by atoms with Gasteiger partial charge in [0.05, 0.1) is 6.61 Å². The van der Waals surface area contributed by atoms with Crippen LogP contribution in [0.15, 0.2) is 35.2 Å². The highest BCUT2D eigenvalue weighted by molar-refractivity contribution is 7.89. The number of ether oxygens (including phenoxy) is 1. The minimum atomic E-state index is -3.61. The SMILES string of the molecule is CCOc1ccc(N)cc1S(=O)(=O)NC1CC=CC1. The molecule has 0 aliphatic heterocycles. The Hall–Kier alpha value is -1.53. The minimum absolute atomic E-state index is 0.0825. The van der Waals surface area contributed by atoms with Gasteiger partial charge in [0.25, 0.3) is 0 Å². The number of nitrogen functional groups attached to an aromatic ring is 1. The molecule has 19 heavy (non-hydrogen) atoms. The fourth-order valence-corrected chi connectivity index (χ4v) is 3.45. The van der Waals surface area contributed by atoms with Gasteiger partial charge < -0.3 is 10.5 Å². The summed E-state index contributed by atoms with van der Waals surface area (Å²) in [6.07, 6.45) is 5.36. The molecule has 0 saturated carbocycles. The van der Waals surface area contributed by atoms with Crippen LogP contribution in [0.1, 0.15) is 19.8 Å². The first-order chi connectivity index (χ1) is 9.03. The van der Waals surface area contributed by atoms with E-state index in [0.717, 1.165) is 0 Å². The smallest absolute Gasteiger partial charge is 0.244 e. The van der Waals surface area contributed by atoms with Crippen LogP contribution in [-0.4, -0.2) is 21.1 Å². The predicted octanol–water partition coefficient (Wildman–Crippen LogP) is 1.66. The van der Waals surface area contributed by atoms with E-state index in [1.54, 1.807) is 19.1 Å². The largest absolute Gasteiger partial charge is 0.492 e. The fourth-order valence-electron chi connectivity index (χ4n) is 2.01. The van der Waals surface area contributed by atoms with E-state index < -0.39 is 10.0 Å². The number of sulfonamides is 1. The average Bonchev–Trinajstić information content (AvgIpc) is 2.83. The van der Waals surface area contributed by atoms with Crippen molar-refractivity contribution in [1.82, 2.24) is 4.72 Å². The topological polar surface area (TPSA) is 81.4 Å². The lowest BCUT2D eigenvalue weighted by Crippen LogP contribution is -2.33. The van der Waals surface area contributed by atoms with Crippen molar-refractivity contribution < 1.29 is 13.2 Å². The maximum absolute atomic E-state index is 12.4. The third-order valence-corrected chi connectivity index (χ3v) is 4.43. The first-order valence-corrected chi connectivity index (χ1v) is 7.71. The quantitative estimate of drug-likeness (QED) is 0.636. The Balaban J connectivity index is 2.30. The monoisotopic (exact) mass is 282 g/mol. The fraction of sp³-hybridized carbons (Fsp3) is 0.385. The average molecular weight is 282 g/mol. The molecule has 1 aromatic rings. The normalized spacial score (nSPS) is 15.8. The highest BCUT2D eigenvalue weighted by Gasteiger charge is 2.24.